The van der Waals surface area contributed by atoms with Gasteiger partial charge in [0.25, 0.3) is 0 Å². The van der Waals surface area contributed by atoms with Crippen molar-refractivity contribution in [2.75, 3.05) is 12.3 Å². The molecular formula is C13H20N4O. The predicted molar refractivity (Wildman–Crippen MR) is 70.5 cm³/mol. The number of primary amides is 1. The Morgan fingerprint density at radius 1 is 1.44 bits per heavy atom. The number of hydrogen-bond donors (Lipinski definition) is 2. The molecule has 1 aliphatic rings. The molecule has 1 amide bonds. The smallest absolute Gasteiger partial charge is 0.231 e. The Morgan fingerprint density at radius 2 is 2.17 bits per heavy atom. The van der Waals surface area contributed by atoms with Crippen LogP contribution in [0.4, 0.5) is 5.82 Å². The van der Waals surface area contributed by atoms with Gasteiger partial charge in [0.15, 0.2) is 0 Å². The molecule has 1 fully saturated rings. The molecule has 0 unspecified atom stereocenters. The number of anilines is 1. The van der Waals surface area contributed by atoms with Crippen LogP contribution in [0.5, 0.6) is 0 Å². The Morgan fingerprint density at radius 3 is 2.78 bits per heavy atom. The van der Waals surface area contributed by atoms with Gasteiger partial charge in [-0.25, -0.2) is 4.98 Å². The van der Waals surface area contributed by atoms with Crippen molar-refractivity contribution in [3.05, 3.63) is 23.9 Å². The zero-order valence-electron chi connectivity index (χ0n) is 10.5. The van der Waals surface area contributed by atoms with Crippen LogP contribution in [-0.2, 0) is 11.3 Å². The second-order valence-corrected chi connectivity index (χ2v) is 4.90. The Kier molecular flexibility index (Phi) is 4.15. The lowest BCUT2D eigenvalue weighted by atomic mass is 10.1. The molecule has 0 atom stereocenters. The average Bonchev–Trinajstić information content (AvgIpc) is 2.80. The maximum atomic E-state index is 11.2. The third-order valence-electron chi connectivity index (χ3n) is 3.43. The second kappa shape index (κ2) is 5.82. The summed E-state index contributed by atoms with van der Waals surface area (Å²) in [6.07, 6.45) is 6.46. The van der Waals surface area contributed by atoms with Gasteiger partial charge in [0.2, 0.25) is 5.91 Å². The van der Waals surface area contributed by atoms with Gasteiger partial charge in [0, 0.05) is 18.8 Å². The van der Waals surface area contributed by atoms with Crippen molar-refractivity contribution in [3.8, 4) is 0 Å². The third-order valence-corrected chi connectivity index (χ3v) is 3.43. The second-order valence-electron chi connectivity index (χ2n) is 4.90. The molecule has 1 aliphatic carbocycles. The van der Waals surface area contributed by atoms with Gasteiger partial charge in [-0.05, 0) is 30.5 Å². The molecule has 98 valence electrons. The standard InChI is InChI=1S/C13H20N4O/c14-12-7-10(5-6-16-12)8-17(9-13(15)18)11-3-1-2-4-11/h5-7,11H,1-4,8-9H2,(H2,14,16)(H2,15,18). The number of nitrogens with zero attached hydrogens (tertiary/aromatic N) is 2. The summed E-state index contributed by atoms with van der Waals surface area (Å²) in [5.74, 6) is 0.238. The van der Waals surface area contributed by atoms with E-state index in [1.54, 1.807) is 6.20 Å². The number of aromatic nitrogens is 1. The van der Waals surface area contributed by atoms with E-state index in [1.807, 2.05) is 12.1 Å². The van der Waals surface area contributed by atoms with Crippen LogP contribution in [0.15, 0.2) is 18.3 Å². The van der Waals surface area contributed by atoms with E-state index >= 15 is 0 Å². The maximum Gasteiger partial charge on any atom is 0.231 e. The van der Waals surface area contributed by atoms with Crippen LogP contribution in [0.25, 0.3) is 0 Å². The fourth-order valence-corrected chi connectivity index (χ4v) is 2.61. The summed E-state index contributed by atoms with van der Waals surface area (Å²) in [5, 5.41) is 0. The van der Waals surface area contributed by atoms with Gasteiger partial charge < -0.3 is 11.5 Å². The minimum absolute atomic E-state index is 0.274. The molecule has 1 aromatic rings. The quantitative estimate of drug-likeness (QED) is 0.810. The van der Waals surface area contributed by atoms with Crippen molar-refractivity contribution in [3.63, 3.8) is 0 Å². The minimum atomic E-state index is -0.274. The van der Waals surface area contributed by atoms with Crippen LogP contribution >= 0.6 is 0 Å². The van der Waals surface area contributed by atoms with E-state index < -0.39 is 0 Å². The van der Waals surface area contributed by atoms with Gasteiger partial charge in [0.1, 0.15) is 5.82 Å². The number of nitrogen functional groups attached to an aromatic ring is 1. The largest absolute Gasteiger partial charge is 0.384 e. The number of rotatable bonds is 5. The van der Waals surface area contributed by atoms with Crippen LogP contribution in [-0.4, -0.2) is 28.4 Å². The van der Waals surface area contributed by atoms with Crippen molar-refractivity contribution in [1.82, 2.24) is 9.88 Å². The normalized spacial score (nSPS) is 16.3. The molecule has 0 bridgehead atoms. The van der Waals surface area contributed by atoms with E-state index in [9.17, 15) is 4.79 Å². The topological polar surface area (TPSA) is 85.2 Å². The van der Waals surface area contributed by atoms with E-state index in [0.29, 0.717) is 24.9 Å². The third kappa shape index (κ3) is 3.43. The lowest BCUT2D eigenvalue weighted by Crippen LogP contribution is -2.39. The lowest BCUT2D eigenvalue weighted by molar-refractivity contribution is -0.119. The van der Waals surface area contributed by atoms with Crippen LogP contribution < -0.4 is 11.5 Å². The average molecular weight is 248 g/mol. The molecular weight excluding hydrogens is 228 g/mol. The van der Waals surface area contributed by atoms with E-state index in [4.69, 9.17) is 11.5 Å². The van der Waals surface area contributed by atoms with Crippen LogP contribution in [0.3, 0.4) is 0 Å². The molecule has 0 aliphatic heterocycles. The van der Waals surface area contributed by atoms with Crippen molar-refractivity contribution in [2.24, 2.45) is 5.73 Å². The van der Waals surface area contributed by atoms with Crippen LogP contribution in [0.2, 0.25) is 0 Å². The molecule has 4 N–H and O–H groups in total. The highest BCUT2D eigenvalue weighted by Gasteiger charge is 2.23. The van der Waals surface area contributed by atoms with Crippen LogP contribution in [0, 0.1) is 0 Å². The Labute approximate surface area is 107 Å². The number of pyridine rings is 1. The van der Waals surface area contributed by atoms with Crippen molar-refractivity contribution >= 4 is 11.7 Å². The fourth-order valence-electron chi connectivity index (χ4n) is 2.61. The van der Waals surface area contributed by atoms with Gasteiger partial charge in [0.05, 0.1) is 6.54 Å². The first-order valence-corrected chi connectivity index (χ1v) is 6.38. The first-order chi connectivity index (χ1) is 8.65. The summed E-state index contributed by atoms with van der Waals surface area (Å²) in [7, 11) is 0. The lowest BCUT2D eigenvalue weighted by Gasteiger charge is -2.27. The Bertz CT molecular complexity index is 415. The molecule has 5 heteroatoms. The summed E-state index contributed by atoms with van der Waals surface area (Å²) < 4.78 is 0. The Hall–Kier alpha value is -1.62. The summed E-state index contributed by atoms with van der Waals surface area (Å²) in [6.45, 7) is 1.02. The zero-order valence-corrected chi connectivity index (χ0v) is 10.5. The predicted octanol–water partition coefficient (Wildman–Crippen LogP) is 0.894. The maximum absolute atomic E-state index is 11.2. The summed E-state index contributed by atoms with van der Waals surface area (Å²) >= 11 is 0. The van der Waals surface area contributed by atoms with Crippen LogP contribution in [0.1, 0.15) is 31.2 Å². The first-order valence-electron chi connectivity index (χ1n) is 6.38. The monoisotopic (exact) mass is 248 g/mol. The van der Waals surface area contributed by atoms with Gasteiger partial charge in [-0.2, -0.15) is 0 Å². The number of nitrogens with two attached hydrogens (primary N) is 2. The zero-order chi connectivity index (χ0) is 13.0. The van der Waals surface area contributed by atoms with Gasteiger partial charge >= 0.3 is 0 Å². The number of amides is 1. The molecule has 1 aromatic heterocycles. The first kappa shape index (κ1) is 12.8. The summed E-state index contributed by atoms with van der Waals surface area (Å²) in [6, 6.07) is 4.24. The van der Waals surface area contributed by atoms with E-state index in [2.05, 4.69) is 9.88 Å². The molecule has 0 saturated heterocycles. The highest BCUT2D eigenvalue weighted by atomic mass is 16.1. The number of hydrogen-bond acceptors (Lipinski definition) is 4. The van der Waals surface area contributed by atoms with Gasteiger partial charge in [-0.3, -0.25) is 9.69 Å². The molecule has 18 heavy (non-hydrogen) atoms. The molecule has 0 radical (unpaired) electrons. The van der Waals surface area contributed by atoms with Crippen molar-refractivity contribution < 1.29 is 4.79 Å². The molecule has 1 saturated carbocycles. The Balaban J connectivity index is 2.06. The SMILES string of the molecule is NC(=O)CN(Cc1ccnc(N)c1)C1CCCC1. The van der Waals surface area contributed by atoms with Crippen molar-refractivity contribution in [2.45, 2.75) is 38.3 Å². The summed E-state index contributed by atoms with van der Waals surface area (Å²) in [5.41, 5.74) is 12.1. The van der Waals surface area contributed by atoms with E-state index in [-0.39, 0.29) is 5.91 Å². The minimum Gasteiger partial charge on any atom is -0.384 e. The fraction of sp³-hybridized carbons (Fsp3) is 0.538. The molecule has 2 rings (SSSR count). The highest BCUT2D eigenvalue weighted by Crippen LogP contribution is 2.24. The summed E-state index contributed by atoms with van der Waals surface area (Å²) in [4.78, 5) is 17.3. The molecule has 0 aromatic carbocycles. The molecule has 1 heterocycles. The van der Waals surface area contributed by atoms with Gasteiger partial charge in [-0.15, -0.1) is 0 Å². The highest BCUT2D eigenvalue weighted by molar-refractivity contribution is 5.76. The van der Waals surface area contributed by atoms with E-state index in [0.717, 1.165) is 18.4 Å². The molecule has 0 spiro atoms. The number of carbonyl (C=O) groups excluding carboxylic acids is 1. The van der Waals surface area contributed by atoms with Gasteiger partial charge in [-0.1, -0.05) is 12.8 Å². The number of carbonyl (C=O) groups is 1. The van der Waals surface area contributed by atoms with Crippen molar-refractivity contribution in [1.29, 1.82) is 0 Å². The van der Waals surface area contributed by atoms with E-state index in [1.165, 1.54) is 12.8 Å². The molecule has 5 nitrogen and oxygen atoms in total.